The molecule has 0 atom stereocenters. The molecule has 34 heavy (non-hydrogen) atoms. The molecule has 0 saturated heterocycles. The molecule has 4 aromatic rings. The molecular formula is C26H25ClN4O2S. The first kappa shape index (κ1) is 22.6. The summed E-state index contributed by atoms with van der Waals surface area (Å²) in [6.45, 7) is 0. The van der Waals surface area contributed by atoms with Crippen molar-refractivity contribution in [1.82, 2.24) is 9.97 Å². The molecule has 3 aromatic carbocycles. The summed E-state index contributed by atoms with van der Waals surface area (Å²) >= 11 is 6.05. The van der Waals surface area contributed by atoms with Crippen LogP contribution in [0, 0.1) is 0 Å². The molecule has 0 amide bonds. The normalized spacial score (nSPS) is 14.7. The summed E-state index contributed by atoms with van der Waals surface area (Å²) in [5, 5.41) is 4.61. The zero-order chi connectivity index (χ0) is 23.5. The van der Waals surface area contributed by atoms with Gasteiger partial charge in [0.15, 0.2) is 0 Å². The van der Waals surface area contributed by atoms with Crippen molar-refractivity contribution in [3.05, 3.63) is 77.9 Å². The van der Waals surface area contributed by atoms with E-state index in [-0.39, 0.29) is 9.92 Å². The van der Waals surface area contributed by atoms with Crippen molar-refractivity contribution in [3.63, 3.8) is 0 Å². The van der Waals surface area contributed by atoms with E-state index in [9.17, 15) is 8.42 Å². The highest BCUT2D eigenvalue weighted by Gasteiger charge is 2.17. The topological polar surface area (TPSA) is 84.0 Å². The molecule has 5 rings (SSSR count). The van der Waals surface area contributed by atoms with Crippen molar-refractivity contribution in [3.8, 4) is 11.1 Å². The second kappa shape index (κ2) is 9.60. The summed E-state index contributed by atoms with van der Waals surface area (Å²) in [5.41, 5.74) is 3.32. The molecule has 2 N–H and O–H groups in total. The van der Waals surface area contributed by atoms with E-state index in [0.29, 0.717) is 17.7 Å². The molecule has 0 unspecified atom stereocenters. The van der Waals surface area contributed by atoms with Crippen molar-refractivity contribution >= 4 is 44.2 Å². The van der Waals surface area contributed by atoms with Gasteiger partial charge in [0.1, 0.15) is 4.90 Å². The maximum Gasteiger partial charge on any atom is 0.263 e. The minimum absolute atomic E-state index is 0.0487. The van der Waals surface area contributed by atoms with E-state index in [1.54, 1.807) is 30.3 Å². The lowest BCUT2D eigenvalue weighted by atomic mass is 9.96. The molecule has 8 heteroatoms. The number of anilines is 2. The van der Waals surface area contributed by atoms with Crippen LogP contribution in [-0.2, 0) is 10.0 Å². The Morgan fingerprint density at radius 1 is 0.882 bits per heavy atom. The van der Waals surface area contributed by atoms with Gasteiger partial charge >= 0.3 is 0 Å². The Bertz CT molecular complexity index is 1420. The minimum atomic E-state index is -3.77. The van der Waals surface area contributed by atoms with Crippen molar-refractivity contribution in [2.45, 2.75) is 43.0 Å². The molecule has 1 aliphatic rings. The van der Waals surface area contributed by atoms with Crippen LogP contribution in [0.25, 0.3) is 22.0 Å². The highest BCUT2D eigenvalue weighted by Crippen LogP contribution is 2.28. The van der Waals surface area contributed by atoms with Gasteiger partial charge in [-0.2, -0.15) is 0 Å². The van der Waals surface area contributed by atoms with Crippen LogP contribution in [0.4, 0.5) is 11.6 Å². The number of aromatic nitrogens is 2. The van der Waals surface area contributed by atoms with E-state index >= 15 is 0 Å². The van der Waals surface area contributed by atoms with Gasteiger partial charge in [-0.1, -0.05) is 61.2 Å². The van der Waals surface area contributed by atoms with Crippen LogP contribution in [-0.4, -0.2) is 24.4 Å². The average Bonchev–Trinajstić information content (AvgIpc) is 2.85. The standard InChI is InChI=1S/C26H25ClN4O2S/c27-23-8-4-5-9-25(23)34(32,33)31-22-13-10-18(11-14-22)19-12-15-24-20(16-19)17-28-26(30-24)29-21-6-2-1-3-7-21/h4-5,8-17,21,31H,1-3,6-7H2,(H,28,29,30). The van der Waals surface area contributed by atoms with Crippen LogP contribution in [0.3, 0.4) is 0 Å². The zero-order valence-corrected chi connectivity index (χ0v) is 20.1. The summed E-state index contributed by atoms with van der Waals surface area (Å²) in [6.07, 6.45) is 8.02. The van der Waals surface area contributed by atoms with Crippen LogP contribution >= 0.6 is 11.6 Å². The van der Waals surface area contributed by atoms with E-state index in [1.807, 2.05) is 36.5 Å². The number of hydrogen-bond donors (Lipinski definition) is 2. The Hall–Kier alpha value is -3.16. The van der Waals surface area contributed by atoms with Crippen LogP contribution in [0.2, 0.25) is 5.02 Å². The van der Waals surface area contributed by atoms with Crippen molar-refractivity contribution in [2.75, 3.05) is 10.0 Å². The minimum Gasteiger partial charge on any atom is -0.351 e. The molecular weight excluding hydrogens is 468 g/mol. The van der Waals surface area contributed by atoms with E-state index in [2.05, 4.69) is 20.0 Å². The lowest BCUT2D eigenvalue weighted by molar-refractivity contribution is 0.461. The van der Waals surface area contributed by atoms with E-state index in [0.717, 1.165) is 22.0 Å². The number of nitrogens with one attached hydrogen (secondary N) is 2. The highest BCUT2D eigenvalue weighted by molar-refractivity contribution is 7.92. The van der Waals surface area contributed by atoms with Gasteiger partial charge in [0.05, 0.1) is 10.5 Å². The second-order valence-corrected chi connectivity index (χ2v) is 10.6. The first-order valence-electron chi connectivity index (χ1n) is 11.4. The fourth-order valence-corrected chi connectivity index (χ4v) is 5.89. The predicted molar refractivity (Wildman–Crippen MR) is 138 cm³/mol. The monoisotopic (exact) mass is 492 g/mol. The fourth-order valence-electron chi connectivity index (χ4n) is 4.32. The molecule has 1 fully saturated rings. The van der Waals surface area contributed by atoms with Gasteiger partial charge in [-0.25, -0.2) is 18.4 Å². The quantitative estimate of drug-likeness (QED) is 0.321. The van der Waals surface area contributed by atoms with Gasteiger partial charge < -0.3 is 5.32 Å². The molecule has 174 valence electrons. The van der Waals surface area contributed by atoms with Gasteiger partial charge in [-0.05, 0) is 60.4 Å². The lowest BCUT2D eigenvalue weighted by Crippen LogP contribution is -2.23. The number of sulfonamides is 1. The molecule has 0 bridgehead atoms. The fraction of sp³-hybridized carbons (Fsp3) is 0.231. The summed E-state index contributed by atoms with van der Waals surface area (Å²) in [7, 11) is -3.77. The van der Waals surface area contributed by atoms with Crippen molar-refractivity contribution < 1.29 is 8.42 Å². The maximum atomic E-state index is 12.7. The molecule has 1 aromatic heterocycles. The van der Waals surface area contributed by atoms with Crippen molar-refractivity contribution in [1.29, 1.82) is 0 Å². The SMILES string of the molecule is O=S(=O)(Nc1ccc(-c2ccc3nc(NC4CCCCC4)ncc3c2)cc1)c1ccccc1Cl. The largest absolute Gasteiger partial charge is 0.351 e. The van der Waals surface area contributed by atoms with Gasteiger partial charge in [0.2, 0.25) is 5.95 Å². The van der Waals surface area contributed by atoms with Crippen LogP contribution in [0.15, 0.2) is 77.8 Å². The summed E-state index contributed by atoms with van der Waals surface area (Å²) in [5.74, 6) is 0.683. The van der Waals surface area contributed by atoms with E-state index in [1.165, 1.54) is 38.2 Å². The number of halogens is 1. The van der Waals surface area contributed by atoms with E-state index in [4.69, 9.17) is 11.6 Å². The summed E-state index contributed by atoms with van der Waals surface area (Å²) < 4.78 is 27.9. The Kier molecular flexibility index (Phi) is 6.39. The van der Waals surface area contributed by atoms with Crippen LogP contribution in [0.1, 0.15) is 32.1 Å². The van der Waals surface area contributed by atoms with Crippen molar-refractivity contribution in [2.24, 2.45) is 0 Å². The van der Waals surface area contributed by atoms with Gasteiger partial charge in [-0.15, -0.1) is 0 Å². The smallest absolute Gasteiger partial charge is 0.263 e. The lowest BCUT2D eigenvalue weighted by Gasteiger charge is -2.22. The Labute approximate surface area is 204 Å². The molecule has 1 aliphatic carbocycles. The molecule has 1 saturated carbocycles. The van der Waals surface area contributed by atoms with E-state index < -0.39 is 10.0 Å². The van der Waals surface area contributed by atoms with Gasteiger partial charge in [0.25, 0.3) is 10.0 Å². The summed E-state index contributed by atoms with van der Waals surface area (Å²) in [4.78, 5) is 9.25. The number of fused-ring (bicyclic) bond motifs is 1. The zero-order valence-electron chi connectivity index (χ0n) is 18.5. The average molecular weight is 493 g/mol. The number of hydrogen-bond acceptors (Lipinski definition) is 5. The molecule has 0 radical (unpaired) electrons. The maximum absolute atomic E-state index is 12.7. The Balaban J connectivity index is 1.32. The number of benzene rings is 3. The first-order chi connectivity index (χ1) is 16.5. The molecule has 6 nitrogen and oxygen atoms in total. The highest BCUT2D eigenvalue weighted by atomic mass is 35.5. The van der Waals surface area contributed by atoms with Gasteiger partial charge in [-0.3, -0.25) is 4.72 Å². The first-order valence-corrected chi connectivity index (χ1v) is 13.3. The Morgan fingerprint density at radius 2 is 1.62 bits per heavy atom. The predicted octanol–water partition coefficient (Wildman–Crippen LogP) is 6.50. The van der Waals surface area contributed by atoms with Crippen LogP contribution < -0.4 is 10.0 Å². The second-order valence-electron chi connectivity index (χ2n) is 8.56. The third-order valence-corrected chi connectivity index (χ3v) is 8.00. The number of rotatable bonds is 6. The molecule has 1 heterocycles. The van der Waals surface area contributed by atoms with Crippen LogP contribution in [0.5, 0.6) is 0 Å². The third-order valence-electron chi connectivity index (χ3n) is 6.11. The molecule has 0 spiro atoms. The summed E-state index contributed by atoms with van der Waals surface area (Å²) in [6, 6.07) is 20.1. The number of nitrogens with zero attached hydrogens (tertiary/aromatic N) is 2. The molecule has 0 aliphatic heterocycles. The third kappa shape index (κ3) is 5.00. The van der Waals surface area contributed by atoms with Gasteiger partial charge in [0, 0.05) is 23.3 Å². The Morgan fingerprint density at radius 3 is 2.38 bits per heavy atom.